The van der Waals surface area contributed by atoms with Gasteiger partial charge < -0.3 is 15.3 Å². The van der Waals surface area contributed by atoms with Crippen LogP contribution in [0.15, 0.2) is 54.6 Å². The SMILES string of the molecule is CC(C)(O)c1ccccc1O.O=C(O)c1ccccc1. The molecule has 0 unspecified atom stereocenters. The molecule has 20 heavy (non-hydrogen) atoms. The number of aliphatic hydroxyl groups is 1. The summed E-state index contributed by atoms with van der Waals surface area (Å²) in [6, 6.07) is 15.1. The molecule has 0 saturated carbocycles. The maximum Gasteiger partial charge on any atom is 0.335 e. The number of aromatic carboxylic acids is 1. The molecule has 0 spiro atoms. The Hall–Kier alpha value is -2.33. The Bertz CT molecular complexity index is 556. The van der Waals surface area contributed by atoms with Gasteiger partial charge in [0.05, 0.1) is 11.2 Å². The third-order valence-electron chi connectivity index (χ3n) is 2.58. The van der Waals surface area contributed by atoms with Crippen molar-refractivity contribution in [1.29, 1.82) is 0 Å². The second kappa shape index (κ2) is 6.73. The van der Waals surface area contributed by atoms with E-state index >= 15 is 0 Å². The molecule has 3 N–H and O–H groups in total. The minimum absolute atomic E-state index is 0.139. The molecule has 0 aliphatic heterocycles. The van der Waals surface area contributed by atoms with Gasteiger partial charge in [0.15, 0.2) is 0 Å². The first-order valence-electron chi connectivity index (χ1n) is 6.11. The van der Waals surface area contributed by atoms with Gasteiger partial charge in [0.1, 0.15) is 5.75 Å². The zero-order valence-corrected chi connectivity index (χ0v) is 11.4. The molecular weight excluding hydrogens is 256 g/mol. The summed E-state index contributed by atoms with van der Waals surface area (Å²) < 4.78 is 0. The lowest BCUT2D eigenvalue weighted by molar-refractivity contribution is 0.0695. The van der Waals surface area contributed by atoms with Gasteiger partial charge in [-0.2, -0.15) is 0 Å². The predicted octanol–water partition coefficient (Wildman–Crippen LogP) is 3.00. The molecule has 4 heteroatoms. The lowest BCUT2D eigenvalue weighted by atomic mass is 9.98. The minimum Gasteiger partial charge on any atom is -0.508 e. The standard InChI is InChI=1S/C9H12O2.C7H6O2/c1-9(2,11)7-5-3-4-6-8(7)10;8-7(9)6-4-2-1-3-5-6/h3-6,10-11H,1-2H3;1-5H,(H,8,9). The van der Waals surface area contributed by atoms with Crippen molar-refractivity contribution in [3.63, 3.8) is 0 Å². The third-order valence-corrected chi connectivity index (χ3v) is 2.58. The normalized spacial score (nSPS) is 10.3. The fourth-order valence-corrected chi connectivity index (χ4v) is 1.57. The molecule has 0 fully saturated rings. The van der Waals surface area contributed by atoms with Gasteiger partial charge in [0.2, 0.25) is 0 Å². The number of carbonyl (C=O) groups is 1. The van der Waals surface area contributed by atoms with Crippen LogP contribution < -0.4 is 0 Å². The first-order chi connectivity index (χ1) is 9.32. The molecule has 2 aromatic carbocycles. The van der Waals surface area contributed by atoms with E-state index in [4.69, 9.17) is 5.11 Å². The molecule has 106 valence electrons. The van der Waals surface area contributed by atoms with Crippen LogP contribution in [-0.2, 0) is 5.60 Å². The number of rotatable bonds is 2. The predicted molar refractivity (Wildman–Crippen MR) is 76.8 cm³/mol. The molecule has 0 heterocycles. The highest BCUT2D eigenvalue weighted by Crippen LogP contribution is 2.27. The summed E-state index contributed by atoms with van der Waals surface area (Å²) >= 11 is 0. The molecule has 0 radical (unpaired) electrons. The van der Waals surface area contributed by atoms with Crippen LogP contribution in [0.4, 0.5) is 0 Å². The van der Waals surface area contributed by atoms with Crippen molar-refractivity contribution in [2.75, 3.05) is 0 Å². The first kappa shape index (κ1) is 15.7. The number of phenols is 1. The zero-order chi connectivity index (χ0) is 15.2. The molecule has 2 aromatic rings. The molecule has 0 saturated heterocycles. The van der Waals surface area contributed by atoms with Crippen LogP contribution in [0.5, 0.6) is 5.75 Å². The van der Waals surface area contributed by atoms with Crippen LogP contribution in [0.1, 0.15) is 29.8 Å². The summed E-state index contributed by atoms with van der Waals surface area (Å²) in [5.74, 6) is -0.740. The number of hydrogen-bond donors (Lipinski definition) is 3. The van der Waals surface area contributed by atoms with Crippen molar-refractivity contribution in [3.05, 3.63) is 65.7 Å². The summed E-state index contributed by atoms with van der Waals surface area (Å²) in [6.07, 6.45) is 0. The molecular formula is C16H18O4. The van der Waals surface area contributed by atoms with Crippen LogP contribution in [0.3, 0.4) is 0 Å². The second-order valence-electron chi connectivity index (χ2n) is 4.75. The fraction of sp³-hybridized carbons (Fsp3) is 0.188. The van der Waals surface area contributed by atoms with Crippen LogP contribution in [-0.4, -0.2) is 21.3 Å². The van der Waals surface area contributed by atoms with E-state index in [1.54, 1.807) is 68.4 Å². The summed E-state index contributed by atoms with van der Waals surface area (Å²) in [7, 11) is 0. The number of carboxylic acids is 1. The molecule has 0 atom stereocenters. The van der Waals surface area contributed by atoms with E-state index in [0.29, 0.717) is 11.1 Å². The van der Waals surface area contributed by atoms with Gasteiger partial charge in [-0.15, -0.1) is 0 Å². The zero-order valence-electron chi connectivity index (χ0n) is 11.4. The first-order valence-corrected chi connectivity index (χ1v) is 6.11. The highest BCUT2D eigenvalue weighted by atomic mass is 16.4. The van der Waals surface area contributed by atoms with E-state index < -0.39 is 11.6 Å². The molecule has 0 aliphatic carbocycles. The highest BCUT2D eigenvalue weighted by molar-refractivity contribution is 5.87. The number of aromatic hydroxyl groups is 1. The molecule has 2 rings (SSSR count). The average Bonchev–Trinajstić information content (AvgIpc) is 2.39. The van der Waals surface area contributed by atoms with Gasteiger partial charge in [0.25, 0.3) is 0 Å². The quantitative estimate of drug-likeness (QED) is 0.786. The maximum absolute atomic E-state index is 10.2. The van der Waals surface area contributed by atoms with Crippen LogP contribution in [0.2, 0.25) is 0 Å². The van der Waals surface area contributed by atoms with Gasteiger partial charge >= 0.3 is 5.97 Å². The van der Waals surface area contributed by atoms with Crippen LogP contribution >= 0.6 is 0 Å². The van der Waals surface area contributed by atoms with Gasteiger partial charge in [-0.05, 0) is 32.0 Å². The highest BCUT2D eigenvalue weighted by Gasteiger charge is 2.18. The number of phenolic OH excluding ortho intramolecular Hbond substituents is 1. The lowest BCUT2D eigenvalue weighted by Gasteiger charge is -2.18. The van der Waals surface area contributed by atoms with E-state index in [9.17, 15) is 15.0 Å². The molecule has 0 amide bonds. The Balaban J connectivity index is 0.000000204. The van der Waals surface area contributed by atoms with E-state index in [0.717, 1.165) is 0 Å². The van der Waals surface area contributed by atoms with E-state index in [1.807, 2.05) is 0 Å². The Kier molecular flexibility index (Phi) is 5.29. The number of carboxylic acid groups (broad SMARTS) is 1. The molecule has 0 aromatic heterocycles. The molecule has 4 nitrogen and oxygen atoms in total. The Labute approximate surface area is 117 Å². The molecule has 0 aliphatic rings. The van der Waals surface area contributed by atoms with E-state index in [2.05, 4.69) is 0 Å². The summed E-state index contributed by atoms with van der Waals surface area (Å²) in [5.41, 5.74) is -0.0803. The van der Waals surface area contributed by atoms with Gasteiger partial charge in [-0.25, -0.2) is 4.79 Å². The third kappa shape index (κ3) is 4.74. The van der Waals surface area contributed by atoms with Gasteiger partial charge in [-0.1, -0.05) is 36.4 Å². The lowest BCUT2D eigenvalue weighted by Crippen LogP contribution is -2.15. The minimum atomic E-state index is -0.967. The number of benzene rings is 2. The Morgan fingerprint density at radius 2 is 1.45 bits per heavy atom. The van der Waals surface area contributed by atoms with Crippen molar-refractivity contribution >= 4 is 5.97 Å². The van der Waals surface area contributed by atoms with Crippen molar-refractivity contribution in [3.8, 4) is 5.75 Å². The van der Waals surface area contributed by atoms with Gasteiger partial charge in [0, 0.05) is 5.56 Å². The van der Waals surface area contributed by atoms with Crippen molar-refractivity contribution in [2.45, 2.75) is 19.4 Å². The largest absolute Gasteiger partial charge is 0.508 e. The van der Waals surface area contributed by atoms with Crippen LogP contribution in [0, 0.1) is 0 Å². The van der Waals surface area contributed by atoms with E-state index in [1.165, 1.54) is 0 Å². The smallest absolute Gasteiger partial charge is 0.335 e. The molecule has 0 bridgehead atoms. The number of para-hydroxylation sites is 1. The summed E-state index contributed by atoms with van der Waals surface area (Å²) in [6.45, 7) is 3.28. The maximum atomic E-state index is 10.2. The second-order valence-corrected chi connectivity index (χ2v) is 4.75. The summed E-state index contributed by atoms with van der Waals surface area (Å²) in [4.78, 5) is 10.2. The monoisotopic (exact) mass is 274 g/mol. The van der Waals surface area contributed by atoms with Crippen molar-refractivity contribution < 1.29 is 20.1 Å². The van der Waals surface area contributed by atoms with Crippen LogP contribution in [0.25, 0.3) is 0 Å². The van der Waals surface area contributed by atoms with Crippen molar-refractivity contribution in [1.82, 2.24) is 0 Å². The average molecular weight is 274 g/mol. The topological polar surface area (TPSA) is 77.8 Å². The van der Waals surface area contributed by atoms with Crippen molar-refractivity contribution in [2.24, 2.45) is 0 Å². The summed E-state index contributed by atoms with van der Waals surface area (Å²) in [5, 5.41) is 27.2. The fourth-order valence-electron chi connectivity index (χ4n) is 1.57. The Morgan fingerprint density at radius 1 is 0.950 bits per heavy atom. The Morgan fingerprint density at radius 3 is 1.80 bits per heavy atom. The van der Waals surface area contributed by atoms with E-state index in [-0.39, 0.29) is 5.75 Å². The number of hydrogen-bond acceptors (Lipinski definition) is 3. The van der Waals surface area contributed by atoms with Gasteiger partial charge in [-0.3, -0.25) is 0 Å².